The van der Waals surface area contributed by atoms with Crippen LogP contribution in [-0.4, -0.2) is 27.4 Å². The van der Waals surface area contributed by atoms with Crippen molar-refractivity contribution in [1.29, 1.82) is 0 Å². The summed E-state index contributed by atoms with van der Waals surface area (Å²) in [5.41, 5.74) is 5.51. The number of hydrogen-bond acceptors (Lipinski definition) is 4. The van der Waals surface area contributed by atoms with Gasteiger partial charge in [-0.1, -0.05) is 0 Å². The Bertz CT molecular complexity index is 453. The molecule has 1 aromatic carbocycles. The second kappa shape index (κ2) is 5.97. The Morgan fingerprint density at radius 2 is 2.06 bits per heavy atom. The fraction of sp³-hybridized carbons (Fsp3) is 0.455. The summed E-state index contributed by atoms with van der Waals surface area (Å²) in [6, 6.07) is 3.32. The summed E-state index contributed by atoms with van der Waals surface area (Å²) in [7, 11) is -3.49. The maximum atomic E-state index is 13.0. The summed E-state index contributed by atoms with van der Waals surface area (Å²) < 4.78 is 41.7. The molecule has 0 unspecified atom stereocenters. The van der Waals surface area contributed by atoms with Gasteiger partial charge in [0, 0.05) is 18.9 Å². The summed E-state index contributed by atoms with van der Waals surface area (Å²) in [6.07, 6.45) is 0.382. The van der Waals surface area contributed by atoms with Gasteiger partial charge in [-0.3, -0.25) is 0 Å². The van der Waals surface area contributed by atoms with Crippen LogP contribution in [0.5, 0.6) is 0 Å². The first kappa shape index (κ1) is 13.9. The van der Waals surface area contributed by atoms with Gasteiger partial charge >= 0.3 is 0 Å². The lowest BCUT2D eigenvalue weighted by Crippen LogP contribution is -2.10. The van der Waals surface area contributed by atoms with Gasteiger partial charge in [-0.05, 0) is 31.5 Å². The molecule has 17 heavy (non-hydrogen) atoms. The minimum absolute atomic E-state index is 0.0735. The van der Waals surface area contributed by atoms with E-state index in [1.165, 1.54) is 6.07 Å². The Labute approximate surface area is 101 Å². The van der Waals surface area contributed by atoms with Gasteiger partial charge in [0.25, 0.3) is 0 Å². The minimum atomic E-state index is -3.49. The molecule has 0 amide bonds. The van der Waals surface area contributed by atoms with Gasteiger partial charge in [0.2, 0.25) is 0 Å². The number of halogens is 1. The number of hydrogen-bond donors (Lipinski definition) is 1. The zero-order valence-corrected chi connectivity index (χ0v) is 10.5. The van der Waals surface area contributed by atoms with Gasteiger partial charge in [-0.2, -0.15) is 0 Å². The van der Waals surface area contributed by atoms with Crippen molar-refractivity contribution in [2.45, 2.75) is 18.2 Å². The van der Waals surface area contributed by atoms with Crippen LogP contribution in [0.4, 0.5) is 10.1 Å². The van der Waals surface area contributed by atoms with Crippen LogP contribution in [0.3, 0.4) is 0 Å². The van der Waals surface area contributed by atoms with Crippen molar-refractivity contribution < 1.29 is 17.5 Å². The average Bonchev–Trinajstić information content (AvgIpc) is 2.23. The molecular weight excluding hydrogens is 245 g/mol. The monoisotopic (exact) mass is 261 g/mol. The van der Waals surface area contributed by atoms with Crippen molar-refractivity contribution >= 4 is 15.5 Å². The fourth-order valence-electron chi connectivity index (χ4n) is 1.38. The number of sulfone groups is 1. The van der Waals surface area contributed by atoms with Gasteiger partial charge in [0.05, 0.1) is 10.6 Å². The van der Waals surface area contributed by atoms with Crippen molar-refractivity contribution in [1.82, 2.24) is 0 Å². The van der Waals surface area contributed by atoms with Crippen LogP contribution in [0, 0.1) is 5.82 Å². The Kier molecular flexibility index (Phi) is 4.89. The molecule has 4 nitrogen and oxygen atoms in total. The van der Waals surface area contributed by atoms with E-state index < -0.39 is 15.7 Å². The highest BCUT2D eigenvalue weighted by Gasteiger charge is 2.15. The minimum Gasteiger partial charge on any atom is -0.399 e. The molecule has 0 saturated heterocycles. The van der Waals surface area contributed by atoms with E-state index in [4.69, 9.17) is 10.5 Å². The molecule has 0 aromatic heterocycles. The zero-order valence-electron chi connectivity index (χ0n) is 9.65. The third kappa shape index (κ3) is 4.32. The Morgan fingerprint density at radius 3 is 2.65 bits per heavy atom. The lowest BCUT2D eigenvalue weighted by atomic mass is 10.3. The molecule has 0 aliphatic heterocycles. The maximum Gasteiger partial charge on any atom is 0.178 e. The van der Waals surface area contributed by atoms with Gasteiger partial charge in [-0.25, -0.2) is 12.8 Å². The molecule has 0 spiro atoms. The highest BCUT2D eigenvalue weighted by atomic mass is 32.2. The lowest BCUT2D eigenvalue weighted by Gasteiger charge is -2.06. The third-order valence-electron chi connectivity index (χ3n) is 2.16. The topological polar surface area (TPSA) is 69.4 Å². The third-order valence-corrected chi connectivity index (χ3v) is 3.94. The quantitative estimate of drug-likeness (QED) is 0.624. The molecule has 6 heteroatoms. The Morgan fingerprint density at radius 1 is 1.35 bits per heavy atom. The SMILES string of the molecule is CCOCCCS(=O)(=O)c1cc(N)cc(F)c1. The molecule has 0 atom stereocenters. The van der Waals surface area contributed by atoms with Gasteiger partial charge < -0.3 is 10.5 Å². The molecule has 96 valence electrons. The van der Waals surface area contributed by atoms with Crippen molar-refractivity contribution in [2.24, 2.45) is 0 Å². The van der Waals surface area contributed by atoms with E-state index in [9.17, 15) is 12.8 Å². The summed E-state index contributed by atoms with van der Waals surface area (Å²) in [5.74, 6) is -0.719. The summed E-state index contributed by atoms with van der Waals surface area (Å²) >= 11 is 0. The predicted molar refractivity (Wildman–Crippen MR) is 64.0 cm³/mol. The fourth-order valence-corrected chi connectivity index (χ4v) is 2.72. The molecule has 0 bridgehead atoms. The van der Waals surface area contributed by atoms with E-state index in [2.05, 4.69) is 0 Å². The number of nitrogen functional groups attached to an aromatic ring is 1. The normalized spacial score (nSPS) is 11.6. The molecule has 1 aromatic rings. The highest BCUT2D eigenvalue weighted by Crippen LogP contribution is 2.17. The first-order valence-corrected chi connectivity index (χ1v) is 6.97. The van der Waals surface area contributed by atoms with Gasteiger partial charge in [-0.15, -0.1) is 0 Å². The Hall–Kier alpha value is -1.14. The average molecular weight is 261 g/mol. The molecule has 1 rings (SSSR count). The van der Waals surface area contributed by atoms with Crippen LogP contribution >= 0.6 is 0 Å². The second-order valence-electron chi connectivity index (χ2n) is 3.59. The van der Waals surface area contributed by atoms with Crippen LogP contribution in [0.1, 0.15) is 13.3 Å². The van der Waals surface area contributed by atoms with Crippen molar-refractivity contribution in [2.75, 3.05) is 24.7 Å². The van der Waals surface area contributed by atoms with Crippen LogP contribution in [0.25, 0.3) is 0 Å². The smallest absolute Gasteiger partial charge is 0.178 e. The summed E-state index contributed by atoms with van der Waals surface area (Å²) in [5, 5.41) is 0. The summed E-state index contributed by atoms with van der Waals surface area (Å²) in [4.78, 5) is -0.0773. The number of ether oxygens (including phenoxy) is 1. The van der Waals surface area contributed by atoms with E-state index in [0.29, 0.717) is 19.6 Å². The molecule has 0 heterocycles. The van der Waals surface area contributed by atoms with Crippen LogP contribution in [0.15, 0.2) is 23.1 Å². The van der Waals surface area contributed by atoms with Crippen LogP contribution in [-0.2, 0) is 14.6 Å². The van der Waals surface area contributed by atoms with E-state index >= 15 is 0 Å². The standard InChI is InChI=1S/C11H16FNO3S/c1-2-16-4-3-5-17(14,15)11-7-9(12)6-10(13)8-11/h6-8H,2-5,13H2,1H3. The molecule has 0 radical (unpaired) electrons. The number of benzene rings is 1. The lowest BCUT2D eigenvalue weighted by molar-refractivity contribution is 0.148. The second-order valence-corrected chi connectivity index (χ2v) is 5.70. The highest BCUT2D eigenvalue weighted by molar-refractivity contribution is 7.91. The van der Waals surface area contributed by atoms with E-state index in [1.54, 1.807) is 0 Å². The summed E-state index contributed by atoms with van der Waals surface area (Å²) in [6.45, 7) is 2.76. The molecule has 0 saturated carbocycles. The van der Waals surface area contributed by atoms with E-state index in [-0.39, 0.29) is 16.3 Å². The molecular formula is C11H16FNO3S. The number of anilines is 1. The zero-order chi connectivity index (χ0) is 12.9. The van der Waals surface area contributed by atoms with Crippen LogP contribution < -0.4 is 5.73 Å². The first-order valence-electron chi connectivity index (χ1n) is 5.32. The van der Waals surface area contributed by atoms with Crippen molar-refractivity contribution in [3.05, 3.63) is 24.0 Å². The van der Waals surface area contributed by atoms with E-state index in [0.717, 1.165) is 12.1 Å². The molecule has 0 aliphatic carbocycles. The van der Waals surface area contributed by atoms with Gasteiger partial charge in [0.15, 0.2) is 9.84 Å². The molecule has 2 N–H and O–H groups in total. The van der Waals surface area contributed by atoms with E-state index in [1.807, 2.05) is 6.92 Å². The maximum absolute atomic E-state index is 13.0. The van der Waals surface area contributed by atoms with Gasteiger partial charge in [0.1, 0.15) is 5.82 Å². The first-order chi connectivity index (χ1) is 7.95. The Balaban J connectivity index is 2.75. The van der Waals surface area contributed by atoms with Crippen molar-refractivity contribution in [3.63, 3.8) is 0 Å². The largest absolute Gasteiger partial charge is 0.399 e. The number of rotatable bonds is 6. The van der Waals surface area contributed by atoms with Crippen molar-refractivity contribution in [3.8, 4) is 0 Å². The predicted octanol–water partition coefficient (Wildman–Crippen LogP) is 1.61. The number of nitrogens with two attached hydrogens (primary N) is 1. The molecule has 0 fully saturated rings. The molecule has 0 aliphatic rings. The van der Waals surface area contributed by atoms with Crippen LogP contribution in [0.2, 0.25) is 0 Å².